The standard InChI is InChI=1S/C13H21N3O/c1-4-17-12-7-8-14-13(16-12)15-11-6-5-9(2)10(11)3/h7-11H,4-6H2,1-3H3,(H,14,15,16). The summed E-state index contributed by atoms with van der Waals surface area (Å²) in [6, 6.07) is 2.27. The molecular formula is C13H21N3O. The van der Waals surface area contributed by atoms with Crippen molar-refractivity contribution < 1.29 is 4.74 Å². The van der Waals surface area contributed by atoms with Crippen LogP contribution in [0.3, 0.4) is 0 Å². The molecule has 0 aromatic carbocycles. The van der Waals surface area contributed by atoms with Crippen LogP contribution in [0.2, 0.25) is 0 Å². The third-order valence-corrected chi connectivity index (χ3v) is 3.70. The van der Waals surface area contributed by atoms with Gasteiger partial charge in [0.25, 0.3) is 0 Å². The van der Waals surface area contributed by atoms with Crippen LogP contribution in [-0.4, -0.2) is 22.6 Å². The Labute approximate surface area is 103 Å². The largest absolute Gasteiger partial charge is 0.478 e. The molecule has 1 aromatic rings. The third-order valence-electron chi connectivity index (χ3n) is 3.70. The second kappa shape index (κ2) is 5.34. The highest BCUT2D eigenvalue weighted by molar-refractivity contribution is 5.29. The number of nitrogens with one attached hydrogen (secondary N) is 1. The van der Waals surface area contributed by atoms with E-state index in [0.29, 0.717) is 30.4 Å². The highest BCUT2D eigenvalue weighted by atomic mass is 16.5. The molecule has 0 radical (unpaired) electrons. The molecule has 0 bridgehead atoms. The predicted molar refractivity (Wildman–Crippen MR) is 68.2 cm³/mol. The minimum absolute atomic E-state index is 0.488. The Morgan fingerprint density at radius 2 is 2.24 bits per heavy atom. The van der Waals surface area contributed by atoms with Crippen molar-refractivity contribution in [2.24, 2.45) is 11.8 Å². The van der Waals surface area contributed by atoms with Crippen LogP contribution in [-0.2, 0) is 0 Å². The smallest absolute Gasteiger partial charge is 0.226 e. The Kier molecular flexibility index (Phi) is 3.82. The van der Waals surface area contributed by atoms with E-state index in [1.54, 1.807) is 12.3 Å². The molecule has 4 nitrogen and oxygen atoms in total. The van der Waals surface area contributed by atoms with E-state index in [1.165, 1.54) is 12.8 Å². The number of nitrogens with zero attached hydrogens (tertiary/aromatic N) is 2. The summed E-state index contributed by atoms with van der Waals surface area (Å²) in [5.74, 6) is 2.78. The lowest BCUT2D eigenvalue weighted by molar-refractivity contribution is 0.326. The van der Waals surface area contributed by atoms with E-state index in [0.717, 1.165) is 5.92 Å². The highest BCUT2D eigenvalue weighted by Crippen LogP contribution is 2.32. The summed E-state index contributed by atoms with van der Waals surface area (Å²) in [6.45, 7) is 7.19. The molecule has 1 N–H and O–H groups in total. The summed E-state index contributed by atoms with van der Waals surface area (Å²) in [7, 11) is 0. The van der Waals surface area contributed by atoms with E-state index in [2.05, 4.69) is 29.1 Å². The normalized spacial score (nSPS) is 28.1. The molecule has 4 heteroatoms. The Morgan fingerprint density at radius 3 is 2.88 bits per heavy atom. The lowest BCUT2D eigenvalue weighted by Gasteiger charge is -2.19. The molecule has 1 aliphatic carbocycles. The summed E-state index contributed by atoms with van der Waals surface area (Å²) in [5, 5.41) is 3.42. The molecule has 94 valence electrons. The molecule has 1 aromatic heterocycles. The summed E-state index contributed by atoms with van der Waals surface area (Å²) in [6.07, 6.45) is 4.22. The van der Waals surface area contributed by atoms with Crippen LogP contribution in [0.15, 0.2) is 12.3 Å². The van der Waals surface area contributed by atoms with Crippen molar-refractivity contribution in [3.8, 4) is 5.88 Å². The van der Waals surface area contributed by atoms with Gasteiger partial charge in [0.05, 0.1) is 6.61 Å². The molecule has 17 heavy (non-hydrogen) atoms. The first-order valence-electron chi connectivity index (χ1n) is 6.43. The zero-order valence-electron chi connectivity index (χ0n) is 10.8. The maximum absolute atomic E-state index is 5.37. The lowest BCUT2D eigenvalue weighted by Crippen LogP contribution is -2.25. The zero-order chi connectivity index (χ0) is 12.3. The summed E-state index contributed by atoms with van der Waals surface area (Å²) >= 11 is 0. The number of rotatable bonds is 4. The first-order valence-corrected chi connectivity index (χ1v) is 6.43. The Hall–Kier alpha value is -1.32. The fraction of sp³-hybridized carbons (Fsp3) is 0.692. The molecule has 0 amide bonds. The summed E-state index contributed by atoms with van der Waals surface area (Å²) in [4.78, 5) is 8.58. The maximum Gasteiger partial charge on any atom is 0.226 e. The molecule has 1 saturated carbocycles. The average Bonchev–Trinajstić information content (AvgIpc) is 2.62. The van der Waals surface area contributed by atoms with E-state index in [4.69, 9.17) is 4.74 Å². The second-order valence-corrected chi connectivity index (χ2v) is 4.82. The van der Waals surface area contributed by atoms with Crippen molar-refractivity contribution in [3.05, 3.63) is 12.3 Å². The van der Waals surface area contributed by atoms with E-state index in [-0.39, 0.29) is 0 Å². The maximum atomic E-state index is 5.37. The summed E-state index contributed by atoms with van der Waals surface area (Å²) < 4.78 is 5.37. The second-order valence-electron chi connectivity index (χ2n) is 4.82. The van der Waals surface area contributed by atoms with Gasteiger partial charge in [0.2, 0.25) is 11.8 Å². The van der Waals surface area contributed by atoms with Crippen LogP contribution in [0.25, 0.3) is 0 Å². The van der Waals surface area contributed by atoms with E-state index in [9.17, 15) is 0 Å². The molecule has 1 heterocycles. The van der Waals surface area contributed by atoms with Crippen molar-refractivity contribution >= 4 is 5.95 Å². The van der Waals surface area contributed by atoms with Gasteiger partial charge in [-0.1, -0.05) is 13.8 Å². The average molecular weight is 235 g/mol. The van der Waals surface area contributed by atoms with E-state index >= 15 is 0 Å². The fourth-order valence-corrected chi connectivity index (χ4v) is 2.37. The quantitative estimate of drug-likeness (QED) is 0.871. The first-order chi connectivity index (χ1) is 8.20. The number of hydrogen-bond acceptors (Lipinski definition) is 4. The number of anilines is 1. The van der Waals surface area contributed by atoms with Gasteiger partial charge in [-0.15, -0.1) is 0 Å². The van der Waals surface area contributed by atoms with Gasteiger partial charge in [-0.05, 0) is 31.6 Å². The lowest BCUT2D eigenvalue weighted by atomic mass is 9.98. The van der Waals surface area contributed by atoms with Gasteiger partial charge in [-0.25, -0.2) is 4.98 Å². The Bertz CT molecular complexity index is 369. The van der Waals surface area contributed by atoms with Crippen LogP contribution in [0.5, 0.6) is 5.88 Å². The van der Waals surface area contributed by atoms with Gasteiger partial charge in [-0.3, -0.25) is 0 Å². The minimum atomic E-state index is 0.488. The fourth-order valence-electron chi connectivity index (χ4n) is 2.37. The van der Waals surface area contributed by atoms with Gasteiger partial charge in [0, 0.05) is 18.3 Å². The topological polar surface area (TPSA) is 47.0 Å². The van der Waals surface area contributed by atoms with Gasteiger partial charge < -0.3 is 10.1 Å². The highest BCUT2D eigenvalue weighted by Gasteiger charge is 2.29. The molecule has 3 unspecified atom stereocenters. The van der Waals surface area contributed by atoms with Gasteiger partial charge >= 0.3 is 0 Å². The van der Waals surface area contributed by atoms with Crippen LogP contribution in [0.4, 0.5) is 5.95 Å². The number of aromatic nitrogens is 2. The first kappa shape index (κ1) is 12.1. The van der Waals surface area contributed by atoms with Gasteiger partial charge in [-0.2, -0.15) is 4.98 Å². The molecule has 2 rings (SSSR count). The molecule has 0 saturated heterocycles. The molecule has 1 fully saturated rings. The van der Waals surface area contributed by atoms with Crippen molar-refractivity contribution in [1.82, 2.24) is 9.97 Å². The summed E-state index contributed by atoms with van der Waals surface area (Å²) in [5.41, 5.74) is 0. The van der Waals surface area contributed by atoms with Crippen molar-refractivity contribution in [1.29, 1.82) is 0 Å². The van der Waals surface area contributed by atoms with Crippen LogP contribution in [0.1, 0.15) is 33.6 Å². The molecule has 3 atom stereocenters. The third kappa shape index (κ3) is 2.87. The van der Waals surface area contributed by atoms with Crippen molar-refractivity contribution in [2.45, 2.75) is 39.7 Å². The van der Waals surface area contributed by atoms with Crippen LogP contribution in [0, 0.1) is 11.8 Å². The zero-order valence-corrected chi connectivity index (χ0v) is 10.8. The molecule has 1 aliphatic rings. The van der Waals surface area contributed by atoms with Crippen molar-refractivity contribution in [3.63, 3.8) is 0 Å². The monoisotopic (exact) mass is 235 g/mol. The van der Waals surface area contributed by atoms with Crippen molar-refractivity contribution in [2.75, 3.05) is 11.9 Å². The molecular weight excluding hydrogens is 214 g/mol. The number of hydrogen-bond donors (Lipinski definition) is 1. The van der Waals surface area contributed by atoms with E-state index < -0.39 is 0 Å². The van der Waals surface area contributed by atoms with Gasteiger partial charge in [0.1, 0.15) is 0 Å². The van der Waals surface area contributed by atoms with Crippen LogP contribution < -0.4 is 10.1 Å². The minimum Gasteiger partial charge on any atom is -0.478 e. The van der Waals surface area contributed by atoms with E-state index in [1.807, 2.05) is 6.92 Å². The molecule has 0 aliphatic heterocycles. The Morgan fingerprint density at radius 1 is 1.41 bits per heavy atom. The SMILES string of the molecule is CCOc1ccnc(NC2CCC(C)C2C)n1. The number of ether oxygens (including phenoxy) is 1. The molecule has 0 spiro atoms. The Balaban J connectivity index is 2.01. The predicted octanol–water partition coefficient (Wildman–Crippen LogP) is 2.72. The van der Waals surface area contributed by atoms with Gasteiger partial charge in [0.15, 0.2) is 0 Å². The van der Waals surface area contributed by atoms with Crippen LogP contribution >= 0.6 is 0 Å².